The Morgan fingerprint density at radius 3 is 2.82 bits per heavy atom. The highest BCUT2D eigenvalue weighted by Gasteiger charge is 2.44. The van der Waals surface area contributed by atoms with Crippen molar-refractivity contribution in [3.8, 4) is 0 Å². The third kappa shape index (κ3) is 3.20. The minimum Gasteiger partial charge on any atom is -0.478 e. The van der Waals surface area contributed by atoms with E-state index >= 15 is 0 Å². The molecule has 1 fully saturated rings. The van der Waals surface area contributed by atoms with Crippen LogP contribution in [0.2, 0.25) is 0 Å². The van der Waals surface area contributed by atoms with Gasteiger partial charge in [-0.15, -0.1) is 11.3 Å². The van der Waals surface area contributed by atoms with Gasteiger partial charge in [0.05, 0.1) is 5.56 Å². The Balaban J connectivity index is 1.55. The highest BCUT2D eigenvalue weighted by molar-refractivity contribution is 7.12. The number of carboxylic acid groups (broad SMARTS) is 1. The second kappa shape index (κ2) is 5.93. The molecule has 2 aromatic rings. The van der Waals surface area contributed by atoms with Gasteiger partial charge in [0, 0.05) is 28.1 Å². The van der Waals surface area contributed by atoms with Crippen molar-refractivity contribution in [2.45, 2.75) is 25.8 Å². The zero-order chi connectivity index (χ0) is 15.7. The Morgan fingerprint density at radius 1 is 1.32 bits per heavy atom. The van der Waals surface area contributed by atoms with E-state index in [-0.39, 0.29) is 17.4 Å². The summed E-state index contributed by atoms with van der Waals surface area (Å²) in [6.45, 7) is 2.44. The molecule has 0 spiro atoms. The zero-order valence-corrected chi connectivity index (χ0v) is 13.0. The summed E-state index contributed by atoms with van der Waals surface area (Å²) < 4.78 is 0. The van der Waals surface area contributed by atoms with E-state index in [9.17, 15) is 9.59 Å². The molecule has 1 aromatic heterocycles. The number of amides is 1. The molecule has 1 heterocycles. The number of rotatable bonds is 5. The fourth-order valence-corrected chi connectivity index (χ4v) is 3.64. The number of thiophene rings is 1. The molecule has 1 aromatic carbocycles. The van der Waals surface area contributed by atoms with Crippen molar-refractivity contribution in [1.82, 2.24) is 5.32 Å². The summed E-state index contributed by atoms with van der Waals surface area (Å²) in [5.74, 6) is -0.495. The van der Waals surface area contributed by atoms with Crippen LogP contribution in [0.1, 0.15) is 38.0 Å². The maximum absolute atomic E-state index is 12.2. The average molecular weight is 315 g/mol. The van der Waals surface area contributed by atoms with Gasteiger partial charge in [-0.2, -0.15) is 0 Å². The van der Waals surface area contributed by atoms with E-state index in [1.165, 1.54) is 9.75 Å². The van der Waals surface area contributed by atoms with E-state index in [2.05, 4.69) is 24.4 Å². The number of hydrogen-bond donors (Lipinski definition) is 2. The molecule has 0 radical (unpaired) electrons. The molecule has 0 aliphatic heterocycles. The summed E-state index contributed by atoms with van der Waals surface area (Å²) in [7, 11) is 0. The normalized spacial score (nSPS) is 19.7. The molecular weight excluding hydrogens is 298 g/mol. The monoisotopic (exact) mass is 315 g/mol. The molecule has 0 bridgehead atoms. The highest BCUT2D eigenvalue weighted by Crippen LogP contribution is 2.49. The Morgan fingerprint density at radius 2 is 2.14 bits per heavy atom. The van der Waals surface area contributed by atoms with Gasteiger partial charge >= 0.3 is 5.97 Å². The minimum absolute atomic E-state index is 0.0526. The molecule has 2 atom stereocenters. The summed E-state index contributed by atoms with van der Waals surface area (Å²) in [6, 6.07) is 10.8. The summed E-state index contributed by atoms with van der Waals surface area (Å²) in [5, 5.41) is 11.9. The molecular formula is C17H17NO3S. The highest BCUT2D eigenvalue weighted by atomic mass is 32.1. The Bertz CT molecular complexity index is 722. The summed E-state index contributed by atoms with van der Waals surface area (Å²) in [6.07, 6.45) is 0.904. The van der Waals surface area contributed by atoms with Crippen molar-refractivity contribution in [2.75, 3.05) is 0 Å². The topological polar surface area (TPSA) is 66.4 Å². The molecule has 114 valence electrons. The molecule has 5 heteroatoms. The van der Waals surface area contributed by atoms with Gasteiger partial charge in [-0.1, -0.05) is 12.1 Å². The van der Waals surface area contributed by atoms with Crippen LogP contribution in [0.3, 0.4) is 0 Å². The van der Waals surface area contributed by atoms with Gasteiger partial charge in [-0.3, -0.25) is 4.79 Å². The van der Waals surface area contributed by atoms with Crippen LogP contribution in [-0.4, -0.2) is 17.0 Å². The minimum atomic E-state index is -0.955. The van der Waals surface area contributed by atoms with E-state index < -0.39 is 5.97 Å². The standard InChI is InChI=1S/C17H17NO3S/c1-10-5-6-15(22-10)13-8-14(13)16(19)18-9-11-3-2-4-12(7-11)17(20)21/h2-7,13-14H,8-9H2,1H3,(H,18,19)(H,20,21)/t13-,14+/m1/s1. The molecule has 0 saturated heterocycles. The van der Waals surface area contributed by atoms with Crippen LogP contribution in [0.25, 0.3) is 0 Å². The number of nitrogens with one attached hydrogen (secondary N) is 1. The first kappa shape index (κ1) is 14.8. The lowest BCUT2D eigenvalue weighted by Gasteiger charge is -2.06. The number of benzene rings is 1. The van der Waals surface area contributed by atoms with Gasteiger partial charge in [0.2, 0.25) is 5.91 Å². The molecule has 1 amide bonds. The number of hydrogen-bond acceptors (Lipinski definition) is 3. The quantitative estimate of drug-likeness (QED) is 0.890. The molecule has 3 rings (SSSR count). The first-order valence-corrected chi connectivity index (χ1v) is 8.02. The van der Waals surface area contributed by atoms with Gasteiger partial charge in [0.25, 0.3) is 0 Å². The Hall–Kier alpha value is -2.14. The van der Waals surface area contributed by atoms with Crippen molar-refractivity contribution in [2.24, 2.45) is 5.92 Å². The first-order valence-electron chi connectivity index (χ1n) is 7.21. The van der Waals surface area contributed by atoms with E-state index in [4.69, 9.17) is 5.11 Å². The van der Waals surface area contributed by atoms with Crippen LogP contribution in [0, 0.1) is 12.8 Å². The van der Waals surface area contributed by atoms with Crippen LogP contribution in [0.4, 0.5) is 0 Å². The number of carboxylic acids is 1. The second-order valence-electron chi connectivity index (χ2n) is 5.62. The van der Waals surface area contributed by atoms with E-state index in [1.807, 2.05) is 6.07 Å². The maximum Gasteiger partial charge on any atom is 0.335 e. The number of carbonyl (C=O) groups excluding carboxylic acids is 1. The van der Waals surface area contributed by atoms with Crippen LogP contribution < -0.4 is 5.32 Å². The molecule has 1 saturated carbocycles. The number of carbonyl (C=O) groups is 2. The van der Waals surface area contributed by atoms with Gasteiger partial charge in [-0.25, -0.2) is 4.79 Å². The van der Waals surface area contributed by atoms with Crippen molar-refractivity contribution in [3.63, 3.8) is 0 Å². The second-order valence-corrected chi connectivity index (χ2v) is 6.94. The number of aryl methyl sites for hydroxylation is 1. The molecule has 0 unspecified atom stereocenters. The summed E-state index contributed by atoms with van der Waals surface area (Å²) in [5.41, 5.74) is 1.04. The zero-order valence-electron chi connectivity index (χ0n) is 12.2. The molecule has 4 nitrogen and oxygen atoms in total. The molecule has 22 heavy (non-hydrogen) atoms. The number of aromatic carboxylic acids is 1. The van der Waals surface area contributed by atoms with Crippen LogP contribution >= 0.6 is 11.3 Å². The lowest BCUT2D eigenvalue weighted by Crippen LogP contribution is -2.24. The van der Waals surface area contributed by atoms with Gasteiger partial charge in [-0.05, 0) is 43.2 Å². The SMILES string of the molecule is Cc1ccc([C@@H]2C[C@@H]2C(=O)NCc2cccc(C(=O)O)c2)s1. The predicted octanol–water partition coefficient (Wildman–Crippen LogP) is 3.17. The first-order chi connectivity index (χ1) is 10.5. The maximum atomic E-state index is 12.2. The fraction of sp³-hybridized carbons (Fsp3) is 0.294. The van der Waals surface area contributed by atoms with Crippen LogP contribution in [-0.2, 0) is 11.3 Å². The fourth-order valence-electron chi connectivity index (χ4n) is 2.59. The molecule has 1 aliphatic carbocycles. The van der Waals surface area contributed by atoms with Crippen molar-refractivity contribution in [3.05, 3.63) is 57.3 Å². The van der Waals surface area contributed by atoms with Gasteiger partial charge in [0.15, 0.2) is 0 Å². The van der Waals surface area contributed by atoms with Crippen LogP contribution in [0.15, 0.2) is 36.4 Å². The third-order valence-electron chi connectivity index (χ3n) is 3.89. The van der Waals surface area contributed by atoms with Crippen LogP contribution in [0.5, 0.6) is 0 Å². The summed E-state index contributed by atoms with van der Waals surface area (Å²) in [4.78, 5) is 25.6. The van der Waals surface area contributed by atoms with Gasteiger partial charge in [0.1, 0.15) is 0 Å². The summed E-state index contributed by atoms with van der Waals surface area (Å²) >= 11 is 1.75. The molecule has 2 N–H and O–H groups in total. The van der Waals surface area contributed by atoms with Crippen molar-refractivity contribution < 1.29 is 14.7 Å². The van der Waals surface area contributed by atoms with Crippen molar-refractivity contribution >= 4 is 23.2 Å². The smallest absolute Gasteiger partial charge is 0.335 e. The third-order valence-corrected chi connectivity index (χ3v) is 5.03. The van der Waals surface area contributed by atoms with E-state index in [0.717, 1.165) is 12.0 Å². The molecule has 1 aliphatic rings. The largest absolute Gasteiger partial charge is 0.478 e. The lowest BCUT2D eigenvalue weighted by atomic mass is 10.1. The average Bonchev–Trinajstić information content (AvgIpc) is 3.20. The van der Waals surface area contributed by atoms with E-state index in [0.29, 0.717) is 12.5 Å². The van der Waals surface area contributed by atoms with Gasteiger partial charge < -0.3 is 10.4 Å². The Kier molecular flexibility index (Phi) is 3.98. The van der Waals surface area contributed by atoms with E-state index in [1.54, 1.807) is 29.5 Å². The predicted molar refractivity (Wildman–Crippen MR) is 85.2 cm³/mol. The Labute approximate surface area is 132 Å². The lowest BCUT2D eigenvalue weighted by molar-refractivity contribution is -0.122. The van der Waals surface area contributed by atoms with Crippen molar-refractivity contribution in [1.29, 1.82) is 0 Å².